The van der Waals surface area contributed by atoms with Crippen LogP contribution in [0.15, 0.2) is 29.3 Å². The fourth-order valence-corrected chi connectivity index (χ4v) is 4.22. The lowest BCUT2D eigenvalue weighted by atomic mass is 10.1. The number of carbonyl (C=O) groups is 2. The lowest BCUT2D eigenvalue weighted by Crippen LogP contribution is -2.40. The van der Waals surface area contributed by atoms with Crippen molar-refractivity contribution in [3.05, 3.63) is 35.4 Å². The molecule has 1 atom stereocenters. The van der Waals surface area contributed by atoms with Gasteiger partial charge in [0.05, 0.1) is 0 Å². The molecule has 4 aliphatic rings. The van der Waals surface area contributed by atoms with Crippen molar-refractivity contribution in [3.63, 3.8) is 0 Å². The Morgan fingerprint density at radius 3 is 2.58 bits per heavy atom. The second-order valence-electron chi connectivity index (χ2n) is 8.46. The van der Waals surface area contributed by atoms with Gasteiger partial charge < -0.3 is 4.90 Å². The number of amidine groups is 1. The Hall–Kier alpha value is -2.17. The summed E-state index contributed by atoms with van der Waals surface area (Å²) in [6, 6.07) is 8.27. The highest BCUT2D eigenvalue weighted by Crippen LogP contribution is 2.46. The summed E-state index contributed by atoms with van der Waals surface area (Å²) in [5.74, 6) is 1.96. The summed E-state index contributed by atoms with van der Waals surface area (Å²) in [6.07, 6.45) is 4.83. The first-order valence-electron chi connectivity index (χ1n) is 9.83. The van der Waals surface area contributed by atoms with Gasteiger partial charge in [-0.25, -0.2) is 0 Å². The van der Waals surface area contributed by atoms with Gasteiger partial charge in [-0.05, 0) is 44.9 Å². The molecular formula is C21H25N3O2. The van der Waals surface area contributed by atoms with E-state index in [9.17, 15) is 9.59 Å². The Labute approximate surface area is 154 Å². The number of hydrogen-bond donors (Lipinski definition) is 0. The van der Waals surface area contributed by atoms with Crippen molar-refractivity contribution < 1.29 is 9.59 Å². The van der Waals surface area contributed by atoms with Crippen molar-refractivity contribution in [2.24, 2.45) is 16.8 Å². The number of rotatable bonds is 4. The van der Waals surface area contributed by atoms with E-state index >= 15 is 0 Å². The quantitative estimate of drug-likeness (QED) is 0.836. The van der Waals surface area contributed by atoms with E-state index in [1.165, 1.54) is 5.56 Å². The smallest absolute Gasteiger partial charge is 0.256 e. The van der Waals surface area contributed by atoms with E-state index in [1.807, 2.05) is 9.80 Å². The number of aliphatic imine (C=N–C) groups is 1. The van der Waals surface area contributed by atoms with E-state index in [-0.39, 0.29) is 11.8 Å². The maximum atomic E-state index is 13.0. The van der Waals surface area contributed by atoms with Crippen LogP contribution in [0.2, 0.25) is 0 Å². The molecule has 0 aromatic heterocycles. The number of amides is 2. The molecule has 5 rings (SSSR count). The van der Waals surface area contributed by atoms with Crippen LogP contribution in [-0.2, 0) is 9.59 Å². The summed E-state index contributed by atoms with van der Waals surface area (Å²) in [7, 11) is 0. The number of nitrogens with zero attached hydrogens (tertiary/aromatic N) is 3. The van der Waals surface area contributed by atoms with Crippen molar-refractivity contribution in [3.8, 4) is 0 Å². The van der Waals surface area contributed by atoms with Gasteiger partial charge in [0.25, 0.3) is 5.91 Å². The van der Waals surface area contributed by atoms with Gasteiger partial charge in [-0.1, -0.05) is 29.8 Å². The zero-order valence-electron chi connectivity index (χ0n) is 15.3. The molecule has 2 aliphatic heterocycles. The molecule has 1 aromatic carbocycles. The van der Waals surface area contributed by atoms with Gasteiger partial charge in [-0.3, -0.25) is 19.5 Å². The molecule has 5 heteroatoms. The van der Waals surface area contributed by atoms with Crippen molar-refractivity contribution in [1.29, 1.82) is 0 Å². The molecule has 2 heterocycles. The van der Waals surface area contributed by atoms with E-state index in [4.69, 9.17) is 4.99 Å². The summed E-state index contributed by atoms with van der Waals surface area (Å²) in [6.45, 7) is 4.37. The molecule has 0 N–H and O–H groups in total. The Morgan fingerprint density at radius 1 is 1.19 bits per heavy atom. The van der Waals surface area contributed by atoms with E-state index in [1.54, 1.807) is 0 Å². The van der Waals surface area contributed by atoms with Crippen molar-refractivity contribution in [1.82, 2.24) is 9.80 Å². The van der Waals surface area contributed by atoms with Crippen LogP contribution in [0.5, 0.6) is 0 Å². The minimum absolute atomic E-state index is 0.167. The van der Waals surface area contributed by atoms with Crippen LogP contribution in [0.3, 0.4) is 0 Å². The molecule has 5 nitrogen and oxygen atoms in total. The average Bonchev–Trinajstić information content (AvgIpc) is 3.55. The third-order valence-electron chi connectivity index (χ3n) is 6.22. The third kappa shape index (κ3) is 2.65. The SMILES string of the molecule is Cc1ccc(C2=NC3(CC3)C(=O)N2C[C@@H]2CCN(C(=O)C3CC3)C2)cc1. The van der Waals surface area contributed by atoms with Crippen LogP contribution in [-0.4, -0.2) is 52.6 Å². The fraction of sp³-hybridized carbons (Fsp3) is 0.571. The van der Waals surface area contributed by atoms with Gasteiger partial charge in [0.2, 0.25) is 5.91 Å². The molecule has 3 fully saturated rings. The molecule has 0 bridgehead atoms. The Balaban J connectivity index is 1.34. The molecule has 1 aromatic rings. The van der Waals surface area contributed by atoms with Crippen LogP contribution in [0.1, 0.15) is 43.2 Å². The lowest BCUT2D eigenvalue weighted by molar-refractivity contribution is -0.131. The topological polar surface area (TPSA) is 53.0 Å². The molecule has 2 amide bonds. The van der Waals surface area contributed by atoms with Gasteiger partial charge in [-0.2, -0.15) is 0 Å². The number of hydrogen-bond acceptors (Lipinski definition) is 3. The maximum absolute atomic E-state index is 13.0. The Morgan fingerprint density at radius 2 is 1.92 bits per heavy atom. The third-order valence-corrected chi connectivity index (χ3v) is 6.22. The number of carbonyl (C=O) groups excluding carboxylic acids is 2. The highest BCUT2D eigenvalue weighted by Gasteiger charge is 2.57. The van der Waals surface area contributed by atoms with Gasteiger partial charge in [0.15, 0.2) is 0 Å². The second kappa shape index (κ2) is 5.66. The zero-order valence-corrected chi connectivity index (χ0v) is 15.3. The minimum Gasteiger partial charge on any atom is -0.342 e. The largest absolute Gasteiger partial charge is 0.342 e. The molecule has 136 valence electrons. The van der Waals surface area contributed by atoms with Gasteiger partial charge in [0.1, 0.15) is 11.4 Å². The van der Waals surface area contributed by atoms with Crippen LogP contribution in [0, 0.1) is 18.8 Å². The van der Waals surface area contributed by atoms with E-state index in [0.29, 0.717) is 18.4 Å². The van der Waals surface area contributed by atoms with Crippen LogP contribution in [0.4, 0.5) is 0 Å². The molecule has 2 aliphatic carbocycles. The highest BCUT2D eigenvalue weighted by atomic mass is 16.2. The minimum atomic E-state index is -0.470. The van der Waals surface area contributed by atoms with Crippen LogP contribution < -0.4 is 0 Å². The number of likely N-dealkylation sites (tertiary alicyclic amines) is 1. The van der Waals surface area contributed by atoms with E-state index < -0.39 is 5.54 Å². The number of aryl methyl sites for hydroxylation is 1. The summed E-state index contributed by atoms with van der Waals surface area (Å²) < 4.78 is 0. The predicted octanol–water partition coefficient (Wildman–Crippen LogP) is 2.37. The van der Waals surface area contributed by atoms with E-state index in [2.05, 4.69) is 31.2 Å². The van der Waals surface area contributed by atoms with Crippen LogP contribution in [0.25, 0.3) is 0 Å². The van der Waals surface area contributed by atoms with Gasteiger partial charge >= 0.3 is 0 Å². The monoisotopic (exact) mass is 351 g/mol. The Kier molecular flexibility index (Phi) is 3.49. The predicted molar refractivity (Wildman–Crippen MR) is 98.8 cm³/mol. The standard InChI is InChI=1S/C21H25N3O2/c1-14-2-4-16(5-3-14)18-22-21(9-10-21)20(26)24(18)13-15-8-11-23(12-15)19(25)17-6-7-17/h2-5,15,17H,6-13H2,1H3/t15-/m1/s1. The zero-order chi connectivity index (χ0) is 17.9. The summed E-state index contributed by atoms with van der Waals surface area (Å²) >= 11 is 0. The molecule has 2 saturated carbocycles. The average molecular weight is 351 g/mol. The summed E-state index contributed by atoms with van der Waals surface area (Å²) in [5, 5.41) is 0. The molecule has 26 heavy (non-hydrogen) atoms. The number of benzene rings is 1. The summed E-state index contributed by atoms with van der Waals surface area (Å²) in [4.78, 5) is 34.1. The normalized spacial score (nSPS) is 26.6. The fourth-order valence-electron chi connectivity index (χ4n) is 4.22. The van der Waals surface area contributed by atoms with Gasteiger partial charge in [-0.15, -0.1) is 0 Å². The van der Waals surface area contributed by atoms with E-state index in [0.717, 1.165) is 56.6 Å². The first-order valence-corrected chi connectivity index (χ1v) is 9.83. The van der Waals surface area contributed by atoms with Crippen molar-refractivity contribution in [2.45, 2.75) is 44.6 Å². The first-order chi connectivity index (χ1) is 12.6. The highest BCUT2D eigenvalue weighted by molar-refractivity contribution is 6.16. The first kappa shape index (κ1) is 16.0. The molecular weight excluding hydrogens is 326 g/mol. The molecule has 0 unspecified atom stereocenters. The van der Waals surface area contributed by atoms with Crippen LogP contribution >= 0.6 is 0 Å². The van der Waals surface area contributed by atoms with Crippen molar-refractivity contribution in [2.75, 3.05) is 19.6 Å². The lowest BCUT2D eigenvalue weighted by Gasteiger charge is -2.23. The molecule has 0 radical (unpaired) electrons. The maximum Gasteiger partial charge on any atom is 0.256 e. The second-order valence-corrected chi connectivity index (χ2v) is 8.46. The van der Waals surface area contributed by atoms with Gasteiger partial charge in [0, 0.05) is 31.1 Å². The summed E-state index contributed by atoms with van der Waals surface area (Å²) in [5.41, 5.74) is 1.76. The Bertz CT molecular complexity index is 790. The molecule has 1 spiro atoms. The van der Waals surface area contributed by atoms with Crippen molar-refractivity contribution >= 4 is 17.6 Å². The molecule has 1 saturated heterocycles.